The molecule has 0 bridgehead atoms. The summed E-state index contributed by atoms with van der Waals surface area (Å²) in [5, 5.41) is 0. The van der Waals surface area contributed by atoms with Gasteiger partial charge in [0.2, 0.25) is 0 Å². The second kappa shape index (κ2) is 7.30. The number of hydrogen-bond acceptors (Lipinski definition) is 8. The minimum atomic E-state index is -0.650. The van der Waals surface area contributed by atoms with E-state index in [0.29, 0.717) is 25.4 Å². The summed E-state index contributed by atoms with van der Waals surface area (Å²) in [6, 6.07) is 0. The lowest BCUT2D eigenvalue weighted by Gasteiger charge is -2.30. The van der Waals surface area contributed by atoms with Gasteiger partial charge in [-0.25, -0.2) is 4.79 Å². The molecule has 2 saturated carbocycles. The summed E-state index contributed by atoms with van der Waals surface area (Å²) in [6.07, 6.45) is 5.14. The molecule has 0 aromatic rings. The van der Waals surface area contributed by atoms with Gasteiger partial charge >= 0.3 is 17.9 Å². The Kier molecular flexibility index (Phi) is 5.12. The fraction of sp³-hybridized carbons (Fsp3) is 0.850. The van der Waals surface area contributed by atoms with E-state index < -0.39 is 24.0 Å². The number of carbonyl (C=O) groups is 3. The number of ether oxygens (including phenoxy) is 5. The Hall–Kier alpha value is -1.67. The second-order valence-corrected chi connectivity index (χ2v) is 8.87. The van der Waals surface area contributed by atoms with Crippen LogP contribution >= 0.6 is 0 Å². The molecule has 8 heteroatoms. The molecule has 4 fully saturated rings. The highest BCUT2D eigenvalue weighted by Gasteiger charge is 2.60. The van der Waals surface area contributed by atoms with Crippen molar-refractivity contribution in [2.45, 2.75) is 76.3 Å². The van der Waals surface area contributed by atoms with Crippen molar-refractivity contribution >= 4 is 17.9 Å². The van der Waals surface area contributed by atoms with Crippen LogP contribution in [-0.2, 0) is 38.1 Å². The summed E-state index contributed by atoms with van der Waals surface area (Å²) < 4.78 is 26.3. The summed E-state index contributed by atoms with van der Waals surface area (Å²) in [6.45, 7) is 3.41. The molecule has 0 aromatic carbocycles. The highest BCUT2D eigenvalue weighted by Crippen LogP contribution is 2.54. The van der Waals surface area contributed by atoms with Crippen LogP contribution < -0.4 is 0 Å². The van der Waals surface area contributed by atoms with Gasteiger partial charge in [-0.3, -0.25) is 9.59 Å². The summed E-state index contributed by atoms with van der Waals surface area (Å²) in [5.41, 5.74) is -0.706. The first-order valence-corrected chi connectivity index (χ1v) is 10.1. The number of epoxide rings is 2. The zero-order valence-electron chi connectivity index (χ0n) is 16.4. The highest BCUT2D eigenvalue weighted by molar-refractivity contribution is 5.80. The minimum absolute atomic E-state index is 0.000705. The molecule has 6 atom stereocenters. The van der Waals surface area contributed by atoms with E-state index >= 15 is 0 Å². The molecule has 0 spiro atoms. The number of rotatable bonds is 7. The molecule has 4 rings (SSSR count). The van der Waals surface area contributed by atoms with Crippen molar-refractivity contribution in [3.63, 3.8) is 0 Å². The average molecular weight is 396 g/mol. The second-order valence-electron chi connectivity index (χ2n) is 8.87. The smallest absolute Gasteiger partial charge is 0.344 e. The summed E-state index contributed by atoms with van der Waals surface area (Å²) in [5.74, 6) is -1.44. The number of carbonyl (C=O) groups excluding carboxylic acids is 3. The molecule has 0 aromatic heterocycles. The average Bonchev–Trinajstić information content (AvgIpc) is 3.57. The van der Waals surface area contributed by atoms with Crippen molar-refractivity contribution in [2.24, 2.45) is 11.3 Å². The molecule has 2 aliphatic heterocycles. The zero-order valence-corrected chi connectivity index (χ0v) is 16.4. The largest absolute Gasteiger partial charge is 0.462 e. The number of esters is 3. The Morgan fingerprint density at radius 2 is 1.79 bits per heavy atom. The van der Waals surface area contributed by atoms with Gasteiger partial charge in [-0.05, 0) is 52.4 Å². The van der Waals surface area contributed by atoms with Gasteiger partial charge in [0.15, 0.2) is 6.61 Å². The van der Waals surface area contributed by atoms with Crippen molar-refractivity contribution in [1.82, 2.24) is 0 Å². The van der Waals surface area contributed by atoms with Crippen molar-refractivity contribution in [2.75, 3.05) is 19.8 Å². The lowest BCUT2D eigenvalue weighted by atomic mass is 9.72. The van der Waals surface area contributed by atoms with E-state index in [4.69, 9.17) is 23.7 Å². The van der Waals surface area contributed by atoms with Crippen LogP contribution in [0.1, 0.15) is 52.4 Å². The van der Waals surface area contributed by atoms with E-state index in [1.54, 1.807) is 0 Å². The molecule has 0 radical (unpaired) electrons. The van der Waals surface area contributed by atoms with Gasteiger partial charge in [-0.1, -0.05) is 0 Å². The van der Waals surface area contributed by atoms with Gasteiger partial charge in [-0.15, -0.1) is 0 Å². The first-order chi connectivity index (χ1) is 13.3. The van der Waals surface area contributed by atoms with E-state index in [2.05, 4.69) is 6.92 Å². The molecule has 0 N–H and O–H groups in total. The van der Waals surface area contributed by atoms with Crippen LogP contribution in [0.15, 0.2) is 0 Å². The van der Waals surface area contributed by atoms with Crippen LogP contribution in [0.3, 0.4) is 0 Å². The molecule has 156 valence electrons. The Labute approximate surface area is 164 Å². The molecule has 2 saturated heterocycles. The van der Waals surface area contributed by atoms with Gasteiger partial charge in [0.05, 0.1) is 35.2 Å². The fourth-order valence-corrected chi connectivity index (χ4v) is 4.36. The third kappa shape index (κ3) is 4.17. The van der Waals surface area contributed by atoms with Crippen molar-refractivity contribution in [1.29, 1.82) is 0 Å². The molecule has 28 heavy (non-hydrogen) atoms. The lowest BCUT2D eigenvalue weighted by molar-refractivity contribution is -0.167. The first-order valence-electron chi connectivity index (χ1n) is 10.1. The predicted octanol–water partition coefficient (Wildman–Crippen LogP) is 1.53. The van der Waals surface area contributed by atoms with Crippen LogP contribution in [-0.4, -0.2) is 61.6 Å². The lowest BCUT2D eigenvalue weighted by Crippen LogP contribution is -2.38. The van der Waals surface area contributed by atoms with Crippen LogP contribution in [0.4, 0.5) is 0 Å². The Morgan fingerprint density at radius 1 is 1.00 bits per heavy atom. The first kappa shape index (κ1) is 19.6. The third-order valence-corrected chi connectivity index (χ3v) is 6.59. The van der Waals surface area contributed by atoms with Gasteiger partial charge in [0.25, 0.3) is 0 Å². The monoisotopic (exact) mass is 396 g/mol. The third-order valence-electron chi connectivity index (χ3n) is 6.59. The molecule has 4 aliphatic rings. The Balaban J connectivity index is 1.09. The minimum Gasteiger partial charge on any atom is -0.462 e. The molecular formula is C20H28O8. The maximum Gasteiger partial charge on any atom is 0.344 e. The standard InChI is InChI=1S/C20H28O8/c1-19(5-6-20(2)15(10-19)28-20)18(23)26-11-16(21)24-7-8-25-17(22)12-3-4-13-14(9-12)27-13/h12-15H,3-11H2,1-2H3. The van der Waals surface area contributed by atoms with Crippen LogP contribution in [0.25, 0.3) is 0 Å². The SMILES string of the molecule is CC1(C(=O)OCC(=O)OCCOC(=O)C2CCC3OC3C2)CCC2(C)OC2C1. The molecular weight excluding hydrogens is 368 g/mol. The van der Waals surface area contributed by atoms with E-state index in [1.165, 1.54) is 0 Å². The molecule has 2 heterocycles. The number of hydrogen-bond donors (Lipinski definition) is 0. The normalized spacial score (nSPS) is 40.5. The van der Waals surface area contributed by atoms with Crippen molar-refractivity contribution < 1.29 is 38.1 Å². The Morgan fingerprint density at radius 3 is 2.54 bits per heavy atom. The fourth-order valence-electron chi connectivity index (χ4n) is 4.36. The number of fused-ring (bicyclic) bond motifs is 2. The van der Waals surface area contributed by atoms with Crippen LogP contribution in [0.2, 0.25) is 0 Å². The van der Waals surface area contributed by atoms with E-state index in [9.17, 15) is 14.4 Å². The summed E-state index contributed by atoms with van der Waals surface area (Å²) in [7, 11) is 0. The van der Waals surface area contributed by atoms with E-state index in [-0.39, 0.29) is 42.9 Å². The van der Waals surface area contributed by atoms with E-state index in [0.717, 1.165) is 19.3 Å². The van der Waals surface area contributed by atoms with Gasteiger partial charge < -0.3 is 23.7 Å². The molecule has 0 amide bonds. The molecule has 6 unspecified atom stereocenters. The van der Waals surface area contributed by atoms with Crippen LogP contribution in [0.5, 0.6) is 0 Å². The van der Waals surface area contributed by atoms with Gasteiger partial charge in [-0.2, -0.15) is 0 Å². The van der Waals surface area contributed by atoms with Crippen molar-refractivity contribution in [3.8, 4) is 0 Å². The highest BCUT2D eigenvalue weighted by atomic mass is 16.6. The van der Waals surface area contributed by atoms with Crippen molar-refractivity contribution in [3.05, 3.63) is 0 Å². The predicted molar refractivity (Wildman–Crippen MR) is 94.1 cm³/mol. The maximum absolute atomic E-state index is 12.4. The van der Waals surface area contributed by atoms with Gasteiger partial charge in [0, 0.05) is 0 Å². The quantitative estimate of drug-likeness (QED) is 0.276. The van der Waals surface area contributed by atoms with Gasteiger partial charge in [0.1, 0.15) is 13.2 Å². The topological polar surface area (TPSA) is 104 Å². The molecule has 2 aliphatic carbocycles. The zero-order chi connectivity index (χ0) is 19.9. The summed E-state index contributed by atoms with van der Waals surface area (Å²) >= 11 is 0. The van der Waals surface area contributed by atoms with E-state index in [1.807, 2.05) is 6.92 Å². The summed E-state index contributed by atoms with van der Waals surface area (Å²) in [4.78, 5) is 36.1. The maximum atomic E-state index is 12.4. The Bertz CT molecular complexity index is 663. The van der Waals surface area contributed by atoms with Crippen LogP contribution in [0, 0.1) is 11.3 Å². The molecule has 8 nitrogen and oxygen atoms in total.